The first-order valence-electron chi connectivity index (χ1n) is 5.79. The maximum Gasteiger partial charge on any atom is 0.254 e. The molecule has 1 aromatic heterocycles. The first kappa shape index (κ1) is 12.8. The number of nitrogens with one attached hydrogen (secondary N) is 2. The van der Waals surface area contributed by atoms with Crippen LogP contribution in [0, 0.1) is 0 Å². The minimum absolute atomic E-state index is 0.0709. The lowest BCUT2D eigenvalue weighted by Gasteiger charge is -2.07. The van der Waals surface area contributed by atoms with E-state index in [0.29, 0.717) is 11.1 Å². The monoisotopic (exact) mass is 255 g/mol. The molecule has 1 aromatic carbocycles. The van der Waals surface area contributed by atoms with Gasteiger partial charge in [-0.1, -0.05) is 18.2 Å². The second kappa shape index (κ2) is 6.30. The number of hydrogen-bond acceptors (Lipinski definition) is 3. The molecule has 2 N–H and O–H groups in total. The molecule has 5 heteroatoms. The number of amides is 2. The second-order valence-corrected chi connectivity index (χ2v) is 3.80. The van der Waals surface area contributed by atoms with Gasteiger partial charge in [0, 0.05) is 18.0 Å². The molecule has 5 nitrogen and oxygen atoms in total. The Balaban J connectivity index is 1.81. The van der Waals surface area contributed by atoms with Crippen molar-refractivity contribution >= 4 is 11.8 Å². The van der Waals surface area contributed by atoms with Gasteiger partial charge in [-0.25, -0.2) is 0 Å². The van der Waals surface area contributed by atoms with E-state index in [1.165, 1.54) is 6.20 Å². The maximum absolute atomic E-state index is 11.7. The maximum atomic E-state index is 11.7. The normalized spacial score (nSPS) is 9.68. The van der Waals surface area contributed by atoms with Gasteiger partial charge in [0.15, 0.2) is 0 Å². The summed E-state index contributed by atoms with van der Waals surface area (Å²) in [4.78, 5) is 27.2. The molecule has 19 heavy (non-hydrogen) atoms. The van der Waals surface area contributed by atoms with Gasteiger partial charge in [0.2, 0.25) is 0 Å². The van der Waals surface area contributed by atoms with Crippen molar-refractivity contribution in [1.29, 1.82) is 0 Å². The van der Waals surface area contributed by atoms with Crippen LogP contribution in [0.15, 0.2) is 54.9 Å². The lowest BCUT2D eigenvalue weighted by atomic mass is 10.2. The molecule has 2 rings (SSSR count). The molecular weight excluding hydrogens is 242 g/mol. The molecule has 0 spiro atoms. The van der Waals surface area contributed by atoms with Crippen molar-refractivity contribution in [2.75, 3.05) is 6.67 Å². The van der Waals surface area contributed by atoms with Crippen LogP contribution in [-0.2, 0) is 0 Å². The van der Waals surface area contributed by atoms with Crippen LogP contribution in [0.1, 0.15) is 20.7 Å². The molecule has 0 aliphatic carbocycles. The molecule has 0 bridgehead atoms. The number of benzene rings is 1. The molecule has 0 unspecified atom stereocenters. The summed E-state index contributed by atoms with van der Waals surface area (Å²) in [5.41, 5.74) is 1.01. The fraction of sp³-hybridized carbons (Fsp3) is 0.0714. The summed E-state index contributed by atoms with van der Waals surface area (Å²) in [6, 6.07) is 12.1. The van der Waals surface area contributed by atoms with E-state index in [2.05, 4.69) is 15.6 Å². The minimum atomic E-state index is -0.276. The van der Waals surface area contributed by atoms with Gasteiger partial charge in [0.05, 0.1) is 12.2 Å². The van der Waals surface area contributed by atoms with E-state index >= 15 is 0 Å². The van der Waals surface area contributed by atoms with Crippen molar-refractivity contribution in [3.8, 4) is 0 Å². The molecule has 2 amide bonds. The quantitative estimate of drug-likeness (QED) is 0.806. The Bertz CT molecular complexity index is 504. The van der Waals surface area contributed by atoms with E-state index in [1.54, 1.807) is 42.6 Å². The predicted octanol–water partition coefficient (Wildman–Crippen LogP) is 1.20. The highest BCUT2D eigenvalue weighted by Gasteiger charge is 2.06. The van der Waals surface area contributed by atoms with Gasteiger partial charge in [-0.2, -0.15) is 0 Å². The lowest BCUT2D eigenvalue weighted by Crippen LogP contribution is -2.37. The molecule has 0 atom stereocenters. The van der Waals surface area contributed by atoms with Gasteiger partial charge in [0.1, 0.15) is 0 Å². The Morgan fingerprint density at radius 2 is 1.53 bits per heavy atom. The van der Waals surface area contributed by atoms with Crippen molar-refractivity contribution in [2.24, 2.45) is 0 Å². The number of nitrogens with zero attached hydrogens (tertiary/aromatic N) is 1. The number of aromatic nitrogens is 1. The molecule has 0 radical (unpaired) electrons. The summed E-state index contributed by atoms with van der Waals surface area (Å²) < 4.78 is 0. The van der Waals surface area contributed by atoms with Crippen LogP contribution >= 0.6 is 0 Å². The highest BCUT2D eigenvalue weighted by Crippen LogP contribution is 1.97. The first-order valence-corrected chi connectivity index (χ1v) is 5.79. The molecule has 0 saturated carbocycles. The predicted molar refractivity (Wildman–Crippen MR) is 70.5 cm³/mol. The van der Waals surface area contributed by atoms with Crippen LogP contribution in [-0.4, -0.2) is 23.5 Å². The van der Waals surface area contributed by atoms with Crippen molar-refractivity contribution < 1.29 is 9.59 Å². The molecule has 0 aliphatic rings. The minimum Gasteiger partial charge on any atom is -0.335 e. The third-order valence-corrected chi connectivity index (χ3v) is 2.46. The van der Waals surface area contributed by atoms with Crippen LogP contribution in [0.4, 0.5) is 0 Å². The number of rotatable bonds is 4. The molecule has 2 aromatic rings. The first-order chi connectivity index (χ1) is 9.27. The van der Waals surface area contributed by atoms with Gasteiger partial charge in [-0.15, -0.1) is 0 Å². The van der Waals surface area contributed by atoms with Crippen molar-refractivity contribution in [2.45, 2.75) is 0 Å². The zero-order valence-corrected chi connectivity index (χ0v) is 10.2. The topological polar surface area (TPSA) is 71.1 Å². The molecule has 1 heterocycles. The van der Waals surface area contributed by atoms with Gasteiger partial charge < -0.3 is 10.6 Å². The van der Waals surface area contributed by atoms with E-state index in [4.69, 9.17) is 0 Å². The smallest absolute Gasteiger partial charge is 0.254 e. The Morgan fingerprint density at radius 1 is 0.895 bits per heavy atom. The standard InChI is InChI=1S/C14H13N3O2/c18-13(11-5-2-1-3-6-11)16-10-17-14(19)12-7-4-8-15-9-12/h1-9H,10H2,(H,16,18)(H,17,19). The zero-order chi connectivity index (χ0) is 13.5. The molecule has 96 valence electrons. The number of carbonyl (C=O) groups is 2. The summed E-state index contributed by atoms with van der Waals surface area (Å²) in [6.45, 7) is 0.0709. The summed E-state index contributed by atoms with van der Waals surface area (Å²) in [6.07, 6.45) is 3.06. The summed E-state index contributed by atoms with van der Waals surface area (Å²) in [7, 11) is 0. The van der Waals surface area contributed by atoms with Crippen molar-refractivity contribution in [1.82, 2.24) is 15.6 Å². The molecule has 0 fully saturated rings. The second-order valence-electron chi connectivity index (χ2n) is 3.80. The SMILES string of the molecule is O=C(NCNC(=O)c1cccnc1)c1ccccc1. The fourth-order valence-electron chi connectivity index (χ4n) is 1.50. The number of pyridine rings is 1. The average molecular weight is 255 g/mol. The van der Waals surface area contributed by atoms with Gasteiger partial charge in [-0.05, 0) is 24.3 Å². The Hall–Kier alpha value is -2.69. The average Bonchev–Trinajstić information content (AvgIpc) is 2.49. The lowest BCUT2D eigenvalue weighted by molar-refractivity contribution is 0.0920. The number of carbonyl (C=O) groups excluding carboxylic acids is 2. The van der Waals surface area contributed by atoms with Crippen LogP contribution in [0.3, 0.4) is 0 Å². The Kier molecular flexibility index (Phi) is 4.23. The third-order valence-electron chi connectivity index (χ3n) is 2.46. The number of hydrogen-bond donors (Lipinski definition) is 2. The van der Waals surface area contributed by atoms with Crippen LogP contribution in [0.2, 0.25) is 0 Å². The highest BCUT2D eigenvalue weighted by molar-refractivity contribution is 5.96. The van der Waals surface area contributed by atoms with E-state index in [-0.39, 0.29) is 18.5 Å². The third kappa shape index (κ3) is 3.64. The highest BCUT2D eigenvalue weighted by atomic mass is 16.2. The fourth-order valence-corrected chi connectivity index (χ4v) is 1.50. The molecule has 0 saturated heterocycles. The van der Waals surface area contributed by atoms with E-state index in [0.717, 1.165) is 0 Å². The summed E-state index contributed by atoms with van der Waals surface area (Å²) in [5, 5.41) is 5.20. The summed E-state index contributed by atoms with van der Waals surface area (Å²) >= 11 is 0. The van der Waals surface area contributed by atoms with Gasteiger partial charge >= 0.3 is 0 Å². The van der Waals surface area contributed by atoms with Crippen LogP contribution < -0.4 is 10.6 Å². The van der Waals surface area contributed by atoms with Crippen LogP contribution in [0.5, 0.6) is 0 Å². The van der Waals surface area contributed by atoms with E-state index in [9.17, 15) is 9.59 Å². The van der Waals surface area contributed by atoms with Crippen molar-refractivity contribution in [3.63, 3.8) is 0 Å². The molecular formula is C14H13N3O2. The van der Waals surface area contributed by atoms with Crippen molar-refractivity contribution in [3.05, 3.63) is 66.0 Å². The largest absolute Gasteiger partial charge is 0.335 e. The Labute approximate surface area is 110 Å². The van der Waals surface area contributed by atoms with Crippen LogP contribution in [0.25, 0.3) is 0 Å². The van der Waals surface area contributed by atoms with E-state index < -0.39 is 0 Å². The van der Waals surface area contributed by atoms with Gasteiger partial charge in [-0.3, -0.25) is 14.6 Å². The Morgan fingerprint density at radius 3 is 2.16 bits per heavy atom. The molecule has 0 aliphatic heterocycles. The zero-order valence-electron chi connectivity index (χ0n) is 10.2. The summed E-state index contributed by atoms with van der Waals surface area (Å²) in [5.74, 6) is -0.506. The van der Waals surface area contributed by atoms with Gasteiger partial charge in [0.25, 0.3) is 11.8 Å². The van der Waals surface area contributed by atoms with E-state index in [1.807, 2.05) is 6.07 Å².